The lowest BCUT2D eigenvalue weighted by molar-refractivity contribution is 0.282. The van der Waals surface area contributed by atoms with Crippen LogP contribution >= 0.6 is 0 Å². The molecule has 0 saturated carbocycles. The number of nitrogens with zero attached hydrogens (tertiary/aromatic N) is 2. The van der Waals surface area contributed by atoms with Gasteiger partial charge in [-0.1, -0.05) is 144 Å². The first kappa shape index (κ1) is 39.3. The maximum Gasteiger partial charge on any atom is 0.144 e. The Morgan fingerprint density at radius 3 is 2.50 bits per heavy atom. The molecule has 1 aliphatic carbocycles. The van der Waals surface area contributed by atoms with Crippen molar-refractivity contribution in [3.8, 4) is 0 Å². The fourth-order valence-electron chi connectivity index (χ4n) is 9.80. The normalized spacial score (nSPS) is 26.4. The number of rotatable bonds is 7. The zero-order valence-electron chi connectivity index (χ0n) is 35.5. The average molecular weight is 765 g/mol. The summed E-state index contributed by atoms with van der Waals surface area (Å²) in [7, 11) is 0. The van der Waals surface area contributed by atoms with Crippen molar-refractivity contribution < 1.29 is 4.42 Å². The molecule has 0 bridgehead atoms. The highest BCUT2D eigenvalue weighted by Crippen LogP contribution is 2.51. The van der Waals surface area contributed by atoms with Gasteiger partial charge in [-0.15, -0.1) is 0 Å². The molecule has 296 valence electrons. The fourth-order valence-corrected chi connectivity index (χ4v) is 9.80. The van der Waals surface area contributed by atoms with E-state index in [4.69, 9.17) is 11.0 Å². The highest BCUT2D eigenvalue weighted by atomic mass is 16.3. The molecule has 3 aromatic carbocycles. The third kappa shape index (κ3) is 7.37. The van der Waals surface area contributed by atoms with Gasteiger partial charge in [0.15, 0.2) is 0 Å². The summed E-state index contributed by atoms with van der Waals surface area (Å²) in [5, 5.41) is 1.18. The van der Waals surface area contributed by atoms with E-state index in [1.165, 1.54) is 50.1 Å². The van der Waals surface area contributed by atoms with Gasteiger partial charge < -0.3 is 14.2 Å². The van der Waals surface area contributed by atoms with Crippen molar-refractivity contribution in [1.82, 2.24) is 4.90 Å². The lowest BCUT2D eigenvalue weighted by Crippen LogP contribution is -2.40. The first-order valence-electron chi connectivity index (χ1n) is 21.7. The predicted octanol–water partition coefficient (Wildman–Crippen LogP) is 14.2. The molecule has 0 fully saturated rings. The summed E-state index contributed by atoms with van der Waals surface area (Å²) in [5.41, 5.74) is 15.8. The molecule has 4 aliphatic rings. The van der Waals surface area contributed by atoms with E-state index in [-0.39, 0.29) is 6.04 Å². The molecule has 3 aliphatic heterocycles. The number of benzene rings is 3. The molecule has 0 N–H and O–H groups in total. The molecule has 0 spiro atoms. The van der Waals surface area contributed by atoms with Crippen molar-refractivity contribution >= 4 is 39.6 Å². The molecule has 5 unspecified atom stereocenters. The monoisotopic (exact) mass is 764 g/mol. The van der Waals surface area contributed by atoms with Crippen molar-refractivity contribution in [3.63, 3.8) is 0 Å². The smallest absolute Gasteiger partial charge is 0.144 e. The van der Waals surface area contributed by atoms with Crippen LogP contribution in [0.2, 0.25) is 0 Å². The molecule has 8 rings (SSSR count). The van der Waals surface area contributed by atoms with Crippen molar-refractivity contribution in [2.75, 3.05) is 11.4 Å². The molecule has 3 heteroatoms. The average Bonchev–Trinajstić information content (AvgIpc) is 3.75. The van der Waals surface area contributed by atoms with Crippen LogP contribution in [-0.4, -0.2) is 23.5 Å². The van der Waals surface area contributed by atoms with Gasteiger partial charge in [0.05, 0.1) is 11.7 Å². The van der Waals surface area contributed by atoms with E-state index >= 15 is 0 Å². The van der Waals surface area contributed by atoms with E-state index in [1.54, 1.807) is 0 Å². The third-order valence-corrected chi connectivity index (χ3v) is 13.1. The second-order valence-electron chi connectivity index (χ2n) is 16.9. The van der Waals surface area contributed by atoms with Crippen LogP contribution in [-0.2, 0) is 12.8 Å². The van der Waals surface area contributed by atoms with Gasteiger partial charge in [-0.25, -0.2) is 0 Å². The van der Waals surface area contributed by atoms with Crippen molar-refractivity contribution in [1.29, 1.82) is 0 Å². The predicted molar refractivity (Wildman–Crippen MR) is 249 cm³/mol. The first-order chi connectivity index (χ1) is 28.2. The van der Waals surface area contributed by atoms with Gasteiger partial charge in [0.1, 0.15) is 11.3 Å². The quantitative estimate of drug-likeness (QED) is 0.175. The van der Waals surface area contributed by atoms with Crippen molar-refractivity contribution in [2.24, 2.45) is 17.8 Å². The number of hydrogen-bond donors (Lipinski definition) is 0. The Hall–Kier alpha value is -5.54. The minimum absolute atomic E-state index is 0.0314. The maximum atomic E-state index is 6.91. The summed E-state index contributed by atoms with van der Waals surface area (Å²) in [6.45, 7) is 24.2. The van der Waals surface area contributed by atoms with Gasteiger partial charge in [-0.3, -0.25) is 0 Å². The summed E-state index contributed by atoms with van der Waals surface area (Å²) in [5.74, 6) is 2.26. The van der Waals surface area contributed by atoms with Gasteiger partial charge in [0.25, 0.3) is 0 Å². The summed E-state index contributed by atoms with van der Waals surface area (Å²) < 4.78 is 6.91. The largest absolute Gasteiger partial charge is 0.460 e. The number of anilines is 1. The van der Waals surface area contributed by atoms with E-state index in [0.29, 0.717) is 23.8 Å². The lowest BCUT2D eigenvalue weighted by atomic mass is 9.80. The lowest BCUT2D eigenvalue weighted by Gasteiger charge is -2.41. The highest BCUT2D eigenvalue weighted by Gasteiger charge is 2.38. The minimum atomic E-state index is 0.0314. The topological polar surface area (TPSA) is 19.6 Å². The van der Waals surface area contributed by atoms with Gasteiger partial charge in [-0.2, -0.15) is 0 Å². The SMILES string of the molecule is C=C(/C=C1/c2c(ccc3c4c(oc23)CC(C)C=C4)N2C(=C)/C=C(CC)/C=C(/CC3Cc4ccccc4/C(=C/C=C\C)N3CC)C(C)C(C)C=CCC12)c1ccccc1. The Kier molecular flexibility index (Phi) is 11.3. The minimum Gasteiger partial charge on any atom is -0.460 e. The molecule has 5 atom stereocenters. The third-order valence-electron chi connectivity index (χ3n) is 13.1. The molecule has 4 heterocycles. The highest BCUT2D eigenvalue weighted by molar-refractivity contribution is 6.07. The van der Waals surface area contributed by atoms with Crippen LogP contribution in [0.15, 0.2) is 156 Å². The van der Waals surface area contributed by atoms with Gasteiger partial charge in [-0.05, 0) is 115 Å². The van der Waals surface area contributed by atoms with Crippen molar-refractivity contribution in [3.05, 3.63) is 185 Å². The molecule has 0 radical (unpaired) electrons. The van der Waals surface area contributed by atoms with E-state index in [9.17, 15) is 0 Å². The molecule has 0 amide bonds. The zero-order valence-corrected chi connectivity index (χ0v) is 35.5. The van der Waals surface area contributed by atoms with Crippen LogP contribution in [0.1, 0.15) is 94.4 Å². The van der Waals surface area contributed by atoms with Crippen LogP contribution in [0.5, 0.6) is 0 Å². The number of hydrogen-bond acceptors (Lipinski definition) is 3. The Bertz CT molecular complexity index is 2440. The van der Waals surface area contributed by atoms with E-state index in [2.05, 4.69) is 185 Å². The zero-order chi connectivity index (χ0) is 40.5. The van der Waals surface area contributed by atoms with Gasteiger partial charge >= 0.3 is 0 Å². The van der Waals surface area contributed by atoms with Crippen LogP contribution in [0, 0.1) is 17.8 Å². The fraction of sp³-hybridized carbons (Fsp3) is 0.309. The number of furan rings is 1. The van der Waals surface area contributed by atoms with Gasteiger partial charge in [0.2, 0.25) is 0 Å². The van der Waals surface area contributed by atoms with E-state index in [1.807, 2.05) is 0 Å². The Labute approximate surface area is 347 Å². The summed E-state index contributed by atoms with van der Waals surface area (Å²) >= 11 is 0. The summed E-state index contributed by atoms with van der Waals surface area (Å²) in [6.07, 6.45) is 28.1. The maximum absolute atomic E-state index is 6.91. The van der Waals surface area contributed by atoms with Crippen molar-refractivity contribution in [2.45, 2.75) is 85.7 Å². The molecule has 58 heavy (non-hydrogen) atoms. The summed E-state index contributed by atoms with van der Waals surface area (Å²) in [6, 6.07) is 24.5. The summed E-state index contributed by atoms with van der Waals surface area (Å²) in [4.78, 5) is 5.13. The Balaban J connectivity index is 1.24. The second kappa shape index (κ2) is 16.7. The first-order valence-corrected chi connectivity index (χ1v) is 21.7. The van der Waals surface area contributed by atoms with Crippen LogP contribution in [0.4, 0.5) is 5.69 Å². The molecule has 1 aromatic heterocycles. The number of likely N-dealkylation sites (N-methyl/N-ethyl adjacent to an activating group) is 1. The van der Waals surface area contributed by atoms with Crippen LogP contribution in [0.25, 0.3) is 33.9 Å². The van der Waals surface area contributed by atoms with Gasteiger partial charge in [0, 0.05) is 52.5 Å². The molecule has 0 saturated heterocycles. The molecule has 3 nitrogen and oxygen atoms in total. The number of allylic oxidation sites excluding steroid dienone is 10. The Morgan fingerprint density at radius 2 is 1.72 bits per heavy atom. The van der Waals surface area contributed by atoms with Crippen LogP contribution in [0.3, 0.4) is 0 Å². The molecular formula is C55H60N2O. The number of fused-ring (bicyclic) bond motifs is 8. The standard InChI is InChI=1S/C55H60N2O/c1-9-12-24-50-46-23-17-16-22-43(46)34-45(56(50)11-3)35-44-33-41(10-2)32-39(7)57-51(25-18-19-37(5)40(44)8)49(31-38(6)42-20-14-13-15-21-42)54-52(57)29-28-48-47-27-26-36(4)30-53(47)58-55(48)54/h9,12-24,26-29,31-33,36-37,40,45,51H,6-7,10-11,25,30,34-35H2,1-5,8H3/b12-9-,19-18?,41-32+,44-33-,49-31+,50-24-. The van der Waals surface area contributed by atoms with E-state index in [0.717, 1.165) is 72.5 Å². The van der Waals surface area contributed by atoms with Crippen LogP contribution < -0.4 is 4.90 Å². The van der Waals surface area contributed by atoms with E-state index < -0.39 is 0 Å². The Morgan fingerprint density at radius 1 is 0.931 bits per heavy atom. The molecule has 4 aromatic rings. The molecular weight excluding hydrogens is 705 g/mol. The second-order valence-corrected chi connectivity index (χ2v) is 16.9.